The number of nitrogens with zero attached hydrogens (tertiary/aromatic N) is 2. The molecule has 0 aliphatic rings. The van der Waals surface area contributed by atoms with Gasteiger partial charge in [-0.15, -0.1) is 0 Å². The largest absolute Gasteiger partial charge is 0.507 e. The van der Waals surface area contributed by atoms with Crippen molar-refractivity contribution >= 4 is 5.97 Å². The number of phenols is 1. The van der Waals surface area contributed by atoms with Crippen LogP contribution >= 0.6 is 0 Å². The number of hydrogen-bond donors (Lipinski definition) is 2. The van der Waals surface area contributed by atoms with Crippen molar-refractivity contribution < 1.29 is 14.6 Å². The number of carbonyl (C=O) groups excluding carboxylic acids is 1. The normalized spacial score (nSPS) is 10.8. The van der Waals surface area contributed by atoms with Gasteiger partial charge in [-0.25, -0.2) is 9.78 Å². The molecular formula is C14H17N3O3. The fraction of sp³-hybridized carbons (Fsp3) is 0.286. The van der Waals surface area contributed by atoms with Crippen molar-refractivity contribution in [1.82, 2.24) is 14.9 Å². The molecule has 0 spiro atoms. The summed E-state index contributed by atoms with van der Waals surface area (Å²) in [6, 6.07) is 4.92. The number of phenolic OH excluding ortho intramolecular Hbond substituents is 1. The molecule has 1 heterocycles. The summed E-state index contributed by atoms with van der Waals surface area (Å²) in [5, 5.41) is 9.65. The van der Waals surface area contributed by atoms with E-state index in [0.717, 1.165) is 11.4 Å². The number of aromatic amines is 1. The smallest absolute Gasteiger partial charge is 0.341 e. The monoisotopic (exact) mass is 275 g/mol. The number of imidazole rings is 1. The molecule has 0 aliphatic carbocycles. The lowest BCUT2D eigenvalue weighted by atomic mass is 10.1. The zero-order valence-corrected chi connectivity index (χ0v) is 11.5. The van der Waals surface area contributed by atoms with E-state index in [2.05, 4.69) is 14.7 Å². The minimum Gasteiger partial charge on any atom is -0.507 e. The van der Waals surface area contributed by atoms with Crippen molar-refractivity contribution in [2.75, 3.05) is 14.2 Å². The summed E-state index contributed by atoms with van der Waals surface area (Å²) >= 11 is 0. The number of ether oxygens (including phenoxy) is 1. The van der Waals surface area contributed by atoms with Crippen LogP contribution in [0.3, 0.4) is 0 Å². The quantitative estimate of drug-likeness (QED) is 0.809. The second-order valence-corrected chi connectivity index (χ2v) is 4.55. The lowest BCUT2D eigenvalue weighted by Gasteiger charge is -2.16. The molecule has 2 N–H and O–H groups in total. The van der Waals surface area contributed by atoms with E-state index < -0.39 is 5.97 Å². The van der Waals surface area contributed by atoms with Crippen LogP contribution in [0.2, 0.25) is 0 Å². The molecule has 1 aromatic carbocycles. The first-order valence-electron chi connectivity index (χ1n) is 6.17. The second kappa shape index (κ2) is 6.21. The third-order valence-electron chi connectivity index (χ3n) is 2.89. The topological polar surface area (TPSA) is 78.5 Å². The number of aromatic nitrogens is 2. The fourth-order valence-corrected chi connectivity index (χ4v) is 1.96. The number of benzene rings is 1. The van der Waals surface area contributed by atoms with Crippen molar-refractivity contribution in [3.63, 3.8) is 0 Å². The molecule has 0 unspecified atom stereocenters. The van der Waals surface area contributed by atoms with E-state index in [1.165, 1.54) is 13.2 Å². The van der Waals surface area contributed by atoms with Gasteiger partial charge in [0.05, 0.1) is 13.7 Å². The van der Waals surface area contributed by atoms with Gasteiger partial charge in [-0.1, -0.05) is 6.07 Å². The first kappa shape index (κ1) is 14.1. The van der Waals surface area contributed by atoms with Crippen molar-refractivity contribution in [1.29, 1.82) is 0 Å². The third kappa shape index (κ3) is 3.36. The van der Waals surface area contributed by atoms with Crippen LogP contribution in [0.25, 0.3) is 0 Å². The average Bonchev–Trinajstić information content (AvgIpc) is 2.92. The van der Waals surface area contributed by atoms with Gasteiger partial charge in [0.1, 0.15) is 17.1 Å². The molecule has 0 bridgehead atoms. The number of aromatic hydroxyl groups is 1. The molecule has 0 atom stereocenters. The molecule has 1 aromatic heterocycles. The zero-order valence-electron chi connectivity index (χ0n) is 11.5. The number of esters is 1. The van der Waals surface area contributed by atoms with Crippen molar-refractivity contribution in [3.8, 4) is 5.75 Å². The maximum atomic E-state index is 11.5. The Kier molecular flexibility index (Phi) is 4.37. The van der Waals surface area contributed by atoms with E-state index in [4.69, 9.17) is 0 Å². The van der Waals surface area contributed by atoms with Crippen molar-refractivity contribution in [3.05, 3.63) is 47.5 Å². The third-order valence-corrected chi connectivity index (χ3v) is 2.89. The summed E-state index contributed by atoms with van der Waals surface area (Å²) in [5.41, 5.74) is 1.09. The Labute approximate surface area is 117 Å². The molecule has 2 aromatic rings. The highest BCUT2D eigenvalue weighted by Gasteiger charge is 2.13. The summed E-state index contributed by atoms with van der Waals surface area (Å²) in [4.78, 5) is 20.8. The molecule has 0 amide bonds. The summed E-state index contributed by atoms with van der Waals surface area (Å²) in [6.45, 7) is 1.30. The molecule has 106 valence electrons. The lowest BCUT2D eigenvalue weighted by Crippen LogP contribution is -2.18. The lowest BCUT2D eigenvalue weighted by molar-refractivity contribution is 0.0597. The molecule has 0 fully saturated rings. The Morgan fingerprint density at radius 2 is 2.25 bits per heavy atom. The van der Waals surface area contributed by atoms with E-state index in [9.17, 15) is 9.90 Å². The Bertz CT molecular complexity index is 581. The Morgan fingerprint density at radius 1 is 1.45 bits per heavy atom. The van der Waals surface area contributed by atoms with Gasteiger partial charge in [-0.05, 0) is 24.7 Å². The number of H-pyrrole nitrogens is 1. The molecule has 0 saturated heterocycles. The van der Waals surface area contributed by atoms with Gasteiger partial charge >= 0.3 is 5.97 Å². The van der Waals surface area contributed by atoms with Crippen LogP contribution in [0.15, 0.2) is 30.6 Å². The number of nitrogens with one attached hydrogen (secondary N) is 1. The van der Waals surface area contributed by atoms with Gasteiger partial charge in [-0.2, -0.15) is 0 Å². The van der Waals surface area contributed by atoms with E-state index in [1.54, 1.807) is 24.5 Å². The van der Waals surface area contributed by atoms with Gasteiger partial charge < -0.3 is 14.8 Å². The van der Waals surface area contributed by atoms with Crippen molar-refractivity contribution in [2.45, 2.75) is 13.1 Å². The molecule has 0 aliphatic heterocycles. The van der Waals surface area contributed by atoms with Crippen LogP contribution in [0, 0.1) is 0 Å². The van der Waals surface area contributed by atoms with Crippen LogP contribution in [0.1, 0.15) is 21.7 Å². The predicted molar refractivity (Wildman–Crippen MR) is 73.2 cm³/mol. The highest BCUT2D eigenvalue weighted by Crippen LogP contribution is 2.20. The van der Waals surface area contributed by atoms with Gasteiger partial charge in [0.15, 0.2) is 0 Å². The molecule has 0 saturated carbocycles. The van der Waals surface area contributed by atoms with E-state index in [-0.39, 0.29) is 11.3 Å². The van der Waals surface area contributed by atoms with Crippen LogP contribution in [0.5, 0.6) is 5.75 Å². The molecular weight excluding hydrogens is 258 g/mol. The second-order valence-electron chi connectivity index (χ2n) is 4.55. The first-order valence-corrected chi connectivity index (χ1v) is 6.17. The van der Waals surface area contributed by atoms with Crippen LogP contribution in [0.4, 0.5) is 0 Å². The summed E-state index contributed by atoms with van der Waals surface area (Å²) in [7, 11) is 3.24. The summed E-state index contributed by atoms with van der Waals surface area (Å²) in [5.74, 6) is 0.256. The highest BCUT2D eigenvalue weighted by atomic mass is 16.5. The highest BCUT2D eigenvalue weighted by molar-refractivity contribution is 5.92. The van der Waals surface area contributed by atoms with E-state index in [1.807, 2.05) is 11.9 Å². The maximum absolute atomic E-state index is 11.5. The fourth-order valence-electron chi connectivity index (χ4n) is 1.96. The van der Waals surface area contributed by atoms with Gasteiger partial charge in [-0.3, -0.25) is 4.90 Å². The minimum atomic E-state index is -0.543. The number of carbonyl (C=O) groups is 1. The molecule has 6 nitrogen and oxygen atoms in total. The Hall–Kier alpha value is -2.34. The maximum Gasteiger partial charge on any atom is 0.341 e. The molecule has 6 heteroatoms. The van der Waals surface area contributed by atoms with Gasteiger partial charge in [0, 0.05) is 18.9 Å². The first-order chi connectivity index (χ1) is 9.60. The van der Waals surface area contributed by atoms with Crippen molar-refractivity contribution in [2.24, 2.45) is 0 Å². The van der Waals surface area contributed by atoms with Gasteiger partial charge in [0.25, 0.3) is 0 Å². The number of rotatable bonds is 5. The minimum absolute atomic E-state index is 0.0747. The molecule has 20 heavy (non-hydrogen) atoms. The standard InChI is InChI=1S/C14H17N3O3/c1-17(9-13-15-5-6-16-13)8-10-3-4-12(18)11(7-10)14(19)20-2/h3-7,18H,8-9H2,1-2H3,(H,15,16). The number of hydrogen-bond acceptors (Lipinski definition) is 5. The van der Waals surface area contributed by atoms with Gasteiger partial charge in [0.2, 0.25) is 0 Å². The van der Waals surface area contributed by atoms with E-state index in [0.29, 0.717) is 13.1 Å². The Morgan fingerprint density at radius 3 is 2.90 bits per heavy atom. The SMILES string of the molecule is COC(=O)c1cc(CN(C)Cc2ncc[nH]2)ccc1O. The zero-order chi connectivity index (χ0) is 14.5. The molecule has 0 radical (unpaired) electrons. The summed E-state index contributed by atoms with van der Waals surface area (Å²) < 4.78 is 4.63. The Balaban J connectivity index is 2.07. The average molecular weight is 275 g/mol. The van der Waals surface area contributed by atoms with Crippen LogP contribution in [-0.2, 0) is 17.8 Å². The van der Waals surface area contributed by atoms with Crippen LogP contribution < -0.4 is 0 Å². The van der Waals surface area contributed by atoms with Crippen LogP contribution in [-0.4, -0.2) is 40.1 Å². The number of methoxy groups -OCH3 is 1. The summed E-state index contributed by atoms with van der Waals surface area (Å²) in [6.07, 6.45) is 3.48. The predicted octanol–water partition coefficient (Wildman–Crippen LogP) is 1.53. The molecule has 2 rings (SSSR count). The van der Waals surface area contributed by atoms with E-state index >= 15 is 0 Å².